The van der Waals surface area contributed by atoms with Crippen LogP contribution in [0.1, 0.15) is 13.8 Å². The summed E-state index contributed by atoms with van der Waals surface area (Å²) in [6, 6.07) is 0. The van der Waals surface area contributed by atoms with Gasteiger partial charge in [0, 0.05) is 13.2 Å². The molecule has 4 nitrogen and oxygen atoms in total. The molecule has 2 rings (SSSR count). The third-order valence-corrected chi connectivity index (χ3v) is 2.72. The number of hydrogen-bond acceptors (Lipinski definition) is 4. The Morgan fingerprint density at radius 1 is 0.929 bits per heavy atom. The van der Waals surface area contributed by atoms with Crippen molar-refractivity contribution in [1.82, 2.24) is 0 Å². The lowest BCUT2D eigenvalue weighted by molar-refractivity contribution is -0.0457. The predicted octanol–water partition coefficient (Wildman–Crippen LogP) is 0.594. The van der Waals surface area contributed by atoms with Crippen LogP contribution in [0.3, 0.4) is 0 Å². The number of ether oxygens (including phenoxy) is 4. The fraction of sp³-hybridized carbons (Fsp3) is 1.00. The lowest BCUT2D eigenvalue weighted by atomic mass is 10.1. The minimum atomic E-state index is 0.0755. The second kappa shape index (κ2) is 4.57. The van der Waals surface area contributed by atoms with Crippen molar-refractivity contribution in [1.29, 1.82) is 0 Å². The van der Waals surface area contributed by atoms with Gasteiger partial charge in [0.1, 0.15) is 24.4 Å². The molecule has 0 saturated carbocycles. The van der Waals surface area contributed by atoms with Gasteiger partial charge in [-0.2, -0.15) is 0 Å². The summed E-state index contributed by atoms with van der Waals surface area (Å²) >= 11 is 0. The monoisotopic (exact) mass is 202 g/mol. The molecule has 0 unspecified atom stereocenters. The molecule has 2 aliphatic rings. The third kappa shape index (κ3) is 1.80. The van der Waals surface area contributed by atoms with Crippen molar-refractivity contribution in [2.75, 3.05) is 26.4 Å². The Balaban J connectivity index is 1.90. The number of fused-ring (bicyclic) bond motifs is 1. The van der Waals surface area contributed by atoms with E-state index >= 15 is 0 Å². The summed E-state index contributed by atoms with van der Waals surface area (Å²) in [6.07, 6.45) is 0.337. The van der Waals surface area contributed by atoms with E-state index in [0.717, 1.165) is 0 Å². The van der Waals surface area contributed by atoms with Crippen LogP contribution >= 0.6 is 0 Å². The molecule has 2 aliphatic heterocycles. The van der Waals surface area contributed by atoms with Crippen molar-refractivity contribution in [3.8, 4) is 0 Å². The maximum Gasteiger partial charge on any atom is 0.115 e. The van der Waals surface area contributed by atoms with Gasteiger partial charge in [-0.3, -0.25) is 0 Å². The van der Waals surface area contributed by atoms with Crippen LogP contribution < -0.4 is 0 Å². The summed E-state index contributed by atoms with van der Waals surface area (Å²) in [4.78, 5) is 0. The highest BCUT2D eigenvalue weighted by atomic mass is 16.6. The second-order valence-corrected chi connectivity index (χ2v) is 3.58. The van der Waals surface area contributed by atoms with E-state index in [0.29, 0.717) is 26.4 Å². The fourth-order valence-electron chi connectivity index (χ4n) is 2.14. The highest BCUT2D eigenvalue weighted by molar-refractivity contribution is 4.95. The molecule has 0 bridgehead atoms. The standard InChI is InChI=1S/C10H18O4/c1-3-11-7-5-13-10-8(12-4-2)6-14-9(7)10/h7-10H,3-6H2,1-2H3/t7-,8-,9+,10+/m1/s1. The van der Waals surface area contributed by atoms with E-state index in [9.17, 15) is 0 Å². The zero-order chi connectivity index (χ0) is 9.97. The predicted molar refractivity (Wildman–Crippen MR) is 50.3 cm³/mol. The highest BCUT2D eigenvalue weighted by Crippen LogP contribution is 2.30. The van der Waals surface area contributed by atoms with E-state index in [2.05, 4.69) is 0 Å². The van der Waals surface area contributed by atoms with E-state index in [4.69, 9.17) is 18.9 Å². The zero-order valence-electron chi connectivity index (χ0n) is 8.77. The molecule has 0 radical (unpaired) electrons. The normalized spacial score (nSPS) is 41.6. The van der Waals surface area contributed by atoms with Crippen LogP contribution in [0.5, 0.6) is 0 Å². The van der Waals surface area contributed by atoms with Crippen LogP contribution in [0.15, 0.2) is 0 Å². The van der Waals surface area contributed by atoms with Gasteiger partial charge in [0.2, 0.25) is 0 Å². The van der Waals surface area contributed by atoms with E-state index in [1.807, 2.05) is 13.8 Å². The molecule has 2 heterocycles. The SMILES string of the molecule is CCO[C@@H]1CO[C@@H]2[C@H]1OC[C@H]2OCC. The van der Waals surface area contributed by atoms with Crippen LogP contribution in [0.2, 0.25) is 0 Å². The topological polar surface area (TPSA) is 36.9 Å². The molecule has 2 saturated heterocycles. The van der Waals surface area contributed by atoms with Crippen molar-refractivity contribution in [3.63, 3.8) is 0 Å². The minimum Gasteiger partial charge on any atom is -0.373 e. The van der Waals surface area contributed by atoms with Gasteiger partial charge in [-0.05, 0) is 13.8 Å². The molecular weight excluding hydrogens is 184 g/mol. The van der Waals surface area contributed by atoms with E-state index < -0.39 is 0 Å². The number of hydrogen-bond donors (Lipinski definition) is 0. The van der Waals surface area contributed by atoms with Gasteiger partial charge in [0.25, 0.3) is 0 Å². The average Bonchev–Trinajstić information content (AvgIpc) is 2.72. The van der Waals surface area contributed by atoms with Gasteiger partial charge in [-0.1, -0.05) is 0 Å². The number of rotatable bonds is 4. The summed E-state index contributed by atoms with van der Waals surface area (Å²) in [5.41, 5.74) is 0. The Hall–Kier alpha value is -0.160. The Labute approximate surface area is 84.5 Å². The molecule has 4 heteroatoms. The summed E-state index contributed by atoms with van der Waals surface area (Å²) in [5.74, 6) is 0. The quantitative estimate of drug-likeness (QED) is 0.668. The van der Waals surface area contributed by atoms with E-state index in [1.54, 1.807) is 0 Å². The van der Waals surface area contributed by atoms with Crippen molar-refractivity contribution in [3.05, 3.63) is 0 Å². The molecule has 2 fully saturated rings. The largest absolute Gasteiger partial charge is 0.373 e. The van der Waals surface area contributed by atoms with Crippen molar-refractivity contribution in [2.45, 2.75) is 38.3 Å². The maximum absolute atomic E-state index is 5.63. The summed E-state index contributed by atoms with van der Waals surface area (Å²) in [5, 5.41) is 0. The van der Waals surface area contributed by atoms with Crippen molar-refractivity contribution in [2.24, 2.45) is 0 Å². The first kappa shape index (κ1) is 10.4. The molecule has 0 aliphatic carbocycles. The van der Waals surface area contributed by atoms with Gasteiger partial charge >= 0.3 is 0 Å². The summed E-state index contributed by atoms with van der Waals surface area (Å²) in [6.45, 7) is 6.66. The van der Waals surface area contributed by atoms with Crippen molar-refractivity contribution < 1.29 is 18.9 Å². The van der Waals surface area contributed by atoms with Gasteiger partial charge in [0.15, 0.2) is 0 Å². The smallest absolute Gasteiger partial charge is 0.115 e. The summed E-state index contributed by atoms with van der Waals surface area (Å²) < 4.78 is 22.3. The Bertz CT molecular complexity index is 165. The van der Waals surface area contributed by atoms with Gasteiger partial charge in [-0.25, -0.2) is 0 Å². The van der Waals surface area contributed by atoms with Gasteiger partial charge in [-0.15, -0.1) is 0 Å². The Morgan fingerprint density at radius 3 is 1.71 bits per heavy atom. The van der Waals surface area contributed by atoms with E-state index in [1.165, 1.54) is 0 Å². The molecule has 0 aromatic carbocycles. The van der Waals surface area contributed by atoms with Crippen molar-refractivity contribution >= 4 is 0 Å². The fourth-order valence-corrected chi connectivity index (χ4v) is 2.14. The minimum absolute atomic E-state index is 0.0755. The Morgan fingerprint density at radius 2 is 1.36 bits per heavy atom. The third-order valence-electron chi connectivity index (χ3n) is 2.72. The second-order valence-electron chi connectivity index (χ2n) is 3.58. The zero-order valence-corrected chi connectivity index (χ0v) is 8.77. The molecule has 4 atom stereocenters. The molecule has 0 N–H and O–H groups in total. The summed E-state index contributed by atoms with van der Waals surface area (Å²) in [7, 11) is 0. The van der Waals surface area contributed by atoms with Crippen LogP contribution in [0.4, 0.5) is 0 Å². The van der Waals surface area contributed by atoms with Gasteiger partial charge < -0.3 is 18.9 Å². The average molecular weight is 202 g/mol. The molecule has 14 heavy (non-hydrogen) atoms. The first-order valence-corrected chi connectivity index (χ1v) is 5.33. The van der Waals surface area contributed by atoms with E-state index in [-0.39, 0.29) is 24.4 Å². The van der Waals surface area contributed by atoms with Gasteiger partial charge in [0.05, 0.1) is 13.2 Å². The highest BCUT2D eigenvalue weighted by Gasteiger charge is 2.48. The van der Waals surface area contributed by atoms with Crippen LogP contribution in [-0.4, -0.2) is 50.8 Å². The molecule has 0 spiro atoms. The first-order chi connectivity index (χ1) is 6.86. The van der Waals surface area contributed by atoms with Crippen LogP contribution in [0, 0.1) is 0 Å². The Kier molecular flexibility index (Phi) is 3.38. The lowest BCUT2D eigenvalue weighted by Gasteiger charge is -2.16. The molecule has 0 aromatic rings. The molecule has 0 amide bonds. The lowest BCUT2D eigenvalue weighted by Crippen LogP contribution is -2.34. The first-order valence-electron chi connectivity index (χ1n) is 5.33. The molecule has 0 aromatic heterocycles. The van der Waals surface area contributed by atoms with Crippen LogP contribution in [-0.2, 0) is 18.9 Å². The molecular formula is C10H18O4. The maximum atomic E-state index is 5.63. The molecule has 82 valence electrons. The van der Waals surface area contributed by atoms with Crippen LogP contribution in [0.25, 0.3) is 0 Å².